The minimum absolute atomic E-state index is 0.0242. The second-order valence-corrected chi connectivity index (χ2v) is 8.27. The van der Waals surface area contributed by atoms with Gasteiger partial charge in [-0.3, -0.25) is 9.59 Å². The van der Waals surface area contributed by atoms with Gasteiger partial charge in [-0.1, -0.05) is 0 Å². The van der Waals surface area contributed by atoms with Crippen molar-refractivity contribution >= 4 is 34.4 Å². The molecule has 0 aliphatic carbocycles. The number of anilines is 1. The predicted molar refractivity (Wildman–Crippen MR) is 99.5 cm³/mol. The van der Waals surface area contributed by atoms with E-state index in [4.69, 9.17) is 0 Å². The Morgan fingerprint density at radius 1 is 1.22 bits per heavy atom. The van der Waals surface area contributed by atoms with Gasteiger partial charge in [-0.15, -0.1) is 0 Å². The van der Waals surface area contributed by atoms with Crippen molar-refractivity contribution < 1.29 is 4.79 Å². The molecule has 0 saturated carbocycles. The van der Waals surface area contributed by atoms with Crippen molar-refractivity contribution in [2.45, 2.75) is 31.3 Å². The van der Waals surface area contributed by atoms with Gasteiger partial charge in [0.05, 0.1) is 28.9 Å². The molecule has 3 aliphatic heterocycles. The van der Waals surface area contributed by atoms with E-state index < -0.39 is 5.41 Å². The minimum atomic E-state index is -0.403. The molecule has 8 nitrogen and oxygen atoms in total. The number of fused-ring (bicyclic) bond motifs is 4. The summed E-state index contributed by atoms with van der Waals surface area (Å²) in [6, 6.07) is 7.68. The van der Waals surface area contributed by atoms with E-state index in [1.165, 1.54) is 11.7 Å². The monoisotopic (exact) mass is 380 g/mol. The van der Waals surface area contributed by atoms with Crippen LogP contribution in [-0.4, -0.2) is 42.3 Å². The summed E-state index contributed by atoms with van der Waals surface area (Å²) in [4.78, 5) is 26.7. The molecule has 1 amide bonds. The SMILES string of the molecule is O=C1N2[C@@H]3Cc4cc(=O)[nH]nc4[C@H]2CC1(CNc1ccc2nsnc2c1)C3. The molecular formula is C18H16N6O2S. The van der Waals surface area contributed by atoms with E-state index in [0.717, 1.165) is 40.8 Å². The van der Waals surface area contributed by atoms with Crippen LogP contribution < -0.4 is 10.9 Å². The molecule has 2 N–H and O–H groups in total. The number of amides is 1. The highest BCUT2D eigenvalue weighted by molar-refractivity contribution is 7.00. The van der Waals surface area contributed by atoms with Gasteiger partial charge in [0, 0.05) is 24.3 Å². The first kappa shape index (κ1) is 15.3. The third kappa shape index (κ3) is 2.05. The molecule has 3 aromatic rings. The van der Waals surface area contributed by atoms with Crippen molar-refractivity contribution in [2.24, 2.45) is 5.41 Å². The van der Waals surface area contributed by atoms with E-state index in [1.54, 1.807) is 6.07 Å². The molecule has 2 aromatic heterocycles. The number of benzene rings is 1. The summed E-state index contributed by atoms with van der Waals surface area (Å²) >= 11 is 1.20. The lowest BCUT2D eigenvalue weighted by Crippen LogP contribution is -2.42. The van der Waals surface area contributed by atoms with Crippen molar-refractivity contribution in [3.63, 3.8) is 0 Å². The molecule has 2 fully saturated rings. The second kappa shape index (κ2) is 5.13. The third-order valence-corrected chi connectivity index (χ3v) is 6.76. The maximum Gasteiger partial charge on any atom is 0.264 e. The molecule has 0 spiro atoms. The second-order valence-electron chi connectivity index (χ2n) is 7.74. The van der Waals surface area contributed by atoms with E-state index in [9.17, 15) is 9.59 Å². The Labute approximate surface area is 157 Å². The Bertz CT molecular complexity index is 1160. The lowest BCUT2D eigenvalue weighted by Gasteiger charge is -2.39. The topological polar surface area (TPSA) is 104 Å². The van der Waals surface area contributed by atoms with Crippen LogP contribution in [0.1, 0.15) is 30.1 Å². The molecule has 27 heavy (non-hydrogen) atoms. The Morgan fingerprint density at radius 3 is 3.04 bits per heavy atom. The van der Waals surface area contributed by atoms with Gasteiger partial charge in [0.2, 0.25) is 5.91 Å². The highest BCUT2D eigenvalue weighted by Gasteiger charge is 2.63. The molecule has 9 heteroatoms. The van der Waals surface area contributed by atoms with Crippen LogP contribution in [0, 0.1) is 5.41 Å². The van der Waals surface area contributed by atoms with Crippen molar-refractivity contribution in [3.05, 3.63) is 45.9 Å². The average molecular weight is 380 g/mol. The zero-order chi connectivity index (χ0) is 18.2. The molecule has 136 valence electrons. The van der Waals surface area contributed by atoms with E-state index >= 15 is 0 Å². The summed E-state index contributed by atoms with van der Waals surface area (Å²) in [7, 11) is 0. The fraction of sp³-hybridized carbons (Fsp3) is 0.389. The van der Waals surface area contributed by atoms with Crippen molar-refractivity contribution in [1.82, 2.24) is 23.8 Å². The standard InChI is InChI=1S/C18H16N6O2S/c25-15-4-9-3-11-6-18(7-14(16(9)21-20-15)24(11)17(18)26)8-19-10-1-2-12-13(5-10)23-27-22-12/h1-2,4-5,11,14,19H,3,6-8H2,(H,20,25)/t11-,14-,18?/m1/s1. The number of aromatic amines is 1. The van der Waals surface area contributed by atoms with E-state index in [2.05, 4.69) is 24.3 Å². The molecule has 3 aliphatic rings. The number of rotatable bonds is 3. The number of nitrogens with one attached hydrogen (secondary N) is 2. The van der Waals surface area contributed by atoms with Gasteiger partial charge in [-0.25, -0.2) is 5.10 Å². The zero-order valence-electron chi connectivity index (χ0n) is 14.3. The lowest BCUT2D eigenvalue weighted by molar-refractivity contribution is -0.132. The molecule has 1 unspecified atom stereocenters. The largest absolute Gasteiger partial charge is 0.384 e. The highest BCUT2D eigenvalue weighted by atomic mass is 32.1. The molecular weight excluding hydrogens is 364 g/mol. The number of piperidine rings is 1. The van der Waals surface area contributed by atoms with Crippen LogP contribution in [0.4, 0.5) is 5.69 Å². The summed E-state index contributed by atoms with van der Waals surface area (Å²) < 4.78 is 8.50. The van der Waals surface area contributed by atoms with E-state index in [0.29, 0.717) is 13.0 Å². The van der Waals surface area contributed by atoms with Gasteiger partial charge >= 0.3 is 0 Å². The predicted octanol–water partition coefficient (Wildman–Crippen LogP) is 1.47. The molecule has 6 rings (SSSR count). The van der Waals surface area contributed by atoms with E-state index in [-0.39, 0.29) is 23.6 Å². The van der Waals surface area contributed by atoms with Crippen LogP contribution in [-0.2, 0) is 11.2 Å². The van der Waals surface area contributed by atoms with Crippen LogP contribution in [0.25, 0.3) is 11.0 Å². The van der Waals surface area contributed by atoms with Gasteiger partial charge < -0.3 is 10.2 Å². The number of hydrogen-bond donors (Lipinski definition) is 2. The summed E-state index contributed by atoms with van der Waals surface area (Å²) in [6.45, 7) is 0.594. The maximum absolute atomic E-state index is 13.1. The number of hydrogen-bond acceptors (Lipinski definition) is 7. The van der Waals surface area contributed by atoms with Gasteiger partial charge in [-0.05, 0) is 43.0 Å². The Kier molecular flexibility index (Phi) is 2.90. The van der Waals surface area contributed by atoms with Crippen LogP contribution in [0.3, 0.4) is 0 Å². The Morgan fingerprint density at radius 2 is 2.11 bits per heavy atom. The number of nitrogens with zero attached hydrogens (tertiary/aromatic N) is 4. The average Bonchev–Trinajstić information content (AvgIpc) is 3.30. The molecule has 1 aromatic carbocycles. The number of carbonyl (C=O) groups excluding carboxylic acids is 1. The van der Waals surface area contributed by atoms with Gasteiger partial charge in [0.1, 0.15) is 11.0 Å². The fourth-order valence-corrected chi connectivity index (χ4v) is 5.57. The smallest absolute Gasteiger partial charge is 0.264 e. The van der Waals surface area contributed by atoms with Crippen LogP contribution in [0.5, 0.6) is 0 Å². The molecule has 2 bridgehead atoms. The third-order valence-electron chi connectivity index (χ3n) is 6.20. The van der Waals surface area contributed by atoms with Crippen molar-refractivity contribution in [2.75, 3.05) is 11.9 Å². The maximum atomic E-state index is 13.1. The van der Waals surface area contributed by atoms with Crippen molar-refractivity contribution in [1.29, 1.82) is 0 Å². The molecule has 3 atom stereocenters. The van der Waals surface area contributed by atoms with Gasteiger partial charge in [0.25, 0.3) is 5.56 Å². The Balaban J connectivity index is 1.30. The Hall–Kier alpha value is -2.81. The first-order chi connectivity index (χ1) is 13.1. The fourth-order valence-electron chi connectivity index (χ4n) is 5.05. The number of H-pyrrole nitrogens is 1. The zero-order valence-corrected chi connectivity index (χ0v) is 15.1. The highest BCUT2D eigenvalue weighted by Crippen LogP contribution is 2.57. The van der Waals surface area contributed by atoms with Crippen LogP contribution >= 0.6 is 11.7 Å². The quantitative estimate of drug-likeness (QED) is 0.713. The molecule has 2 saturated heterocycles. The van der Waals surface area contributed by atoms with Gasteiger partial charge in [-0.2, -0.15) is 13.8 Å². The van der Waals surface area contributed by atoms with Crippen molar-refractivity contribution in [3.8, 4) is 0 Å². The summed E-state index contributed by atoms with van der Waals surface area (Å²) in [6.07, 6.45) is 2.27. The van der Waals surface area contributed by atoms with E-state index in [1.807, 2.05) is 23.1 Å². The first-order valence-electron chi connectivity index (χ1n) is 9.00. The minimum Gasteiger partial charge on any atom is -0.384 e. The summed E-state index contributed by atoms with van der Waals surface area (Å²) in [5.41, 5.74) is 3.98. The number of carbonyl (C=O) groups is 1. The summed E-state index contributed by atoms with van der Waals surface area (Å²) in [5.74, 6) is 0.208. The summed E-state index contributed by atoms with van der Waals surface area (Å²) in [5, 5.41) is 10.2. The van der Waals surface area contributed by atoms with Crippen LogP contribution in [0.2, 0.25) is 0 Å². The van der Waals surface area contributed by atoms with Crippen LogP contribution in [0.15, 0.2) is 29.1 Å². The first-order valence-corrected chi connectivity index (χ1v) is 9.73. The van der Waals surface area contributed by atoms with Gasteiger partial charge in [0.15, 0.2) is 0 Å². The molecule has 0 radical (unpaired) electrons. The number of aromatic nitrogens is 4. The normalized spacial score (nSPS) is 28.0. The lowest BCUT2D eigenvalue weighted by atomic mass is 9.74. The molecule has 5 heterocycles.